The quantitative estimate of drug-likeness (QED) is 0.512. The zero-order valence-electron chi connectivity index (χ0n) is 17.3. The third kappa shape index (κ3) is 4.87. The summed E-state index contributed by atoms with van der Waals surface area (Å²) in [6.45, 7) is 5.16. The average molecular weight is 434 g/mol. The molecule has 0 unspecified atom stereocenters. The third-order valence-corrected chi connectivity index (χ3v) is 6.00. The first kappa shape index (κ1) is 22.0. The van der Waals surface area contributed by atoms with E-state index in [1.807, 2.05) is 0 Å². The molecule has 160 valence electrons. The fraction of sp³-hybridized carbons (Fsp3) is 0.409. The minimum absolute atomic E-state index is 0.0104. The molecule has 2 aromatic rings. The van der Waals surface area contributed by atoms with Gasteiger partial charge in [-0.1, -0.05) is 6.07 Å². The Labute approximate surface area is 178 Å². The molecule has 0 saturated heterocycles. The van der Waals surface area contributed by atoms with E-state index in [4.69, 9.17) is 9.47 Å². The third-order valence-electron chi connectivity index (χ3n) is 4.85. The largest absolute Gasteiger partial charge is 0.469 e. The molecule has 1 saturated carbocycles. The molecule has 1 aliphatic rings. The average Bonchev–Trinajstić information content (AvgIpc) is 3.11. The maximum absolute atomic E-state index is 14.5. The van der Waals surface area contributed by atoms with Gasteiger partial charge in [-0.05, 0) is 63.4 Å². The van der Waals surface area contributed by atoms with Crippen LogP contribution in [0.4, 0.5) is 14.9 Å². The van der Waals surface area contributed by atoms with E-state index < -0.39 is 17.5 Å². The van der Waals surface area contributed by atoms with E-state index in [1.54, 1.807) is 39.0 Å². The molecule has 1 heterocycles. The van der Waals surface area contributed by atoms with Crippen molar-refractivity contribution < 1.29 is 28.2 Å². The van der Waals surface area contributed by atoms with E-state index in [0.717, 1.165) is 4.88 Å². The smallest absolute Gasteiger partial charge is 0.412 e. The number of Topliss-reactive ketones (excluding diaryl/α,β-unsaturated/α-hetero) is 1. The molecular weight excluding hydrogens is 409 g/mol. The van der Waals surface area contributed by atoms with Crippen molar-refractivity contribution in [2.24, 2.45) is 11.8 Å². The number of anilines is 1. The van der Waals surface area contributed by atoms with Gasteiger partial charge in [-0.25, -0.2) is 9.18 Å². The number of thiophene rings is 1. The van der Waals surface area contributed by atoms with E-state index in [2.05, 4.69) is 5.32 Å². The molecule has 1 fully saturated rings. The SMILES string of the molecule is COC(=O)[C@@H]1CC[C@H]1C(=O)c1ccc(-c2ccc(NC(=O)OC(C)(C)C)c(F)c2)s1. The van der Waals surface area contributed by atoms with Crippen molar-refractivity contribution in [3.8, 4) is 10.4 Å². The Kier molecular flexibility index (Phi) is 6.26. The molecule has 1 amide bonds. The van der Waals surface area contributed by atoms with Crippen LogP contribution >= 0.6 is 11.3 Å². The molecule has 6 nitrogen and oxygen atoms in total. The number of amides is 1. The van der Waals surface area contributed by atoms with E-state index in [0.29, 0.717) is 23.3 Å². The summed E-state index contributed by atoms with van der Waals surface area (Å²) in [5.41, 5.74) is -0.0890. The number of carbonyl (C=O) groups excluding carboxylic acids is 3. The number of esters is 1. The molecule has 1 N–H and O–H groups in total. The molecule has 8 heteroatoms. The lowest BCUT2D eigenvalue weighted by Crippen LogP contribution is -2.38. The molecule has 2 atom stereocenters. The summed E-state index contributed by atoms with van der Waals surface area (Å²) in [7, 11) is 1.32. The molecule has 1 aromatic heterocycles. The van der Waals surface area contributed by atoms with Gasteiger partial charge < -0.3 is 9.47 Å². The van der Waals surface area contributed by atoms with Gasteiger partial charge >= 0.3 is 12.1 Å². The van der Waals surface area contributed by atoms with Crippen LogP contribution in [0.3, 0.4) is 0 Å². The van der Waals surface area contributed by atoms with Gasteiger partial charge in [0.1, 0.15) is 11.4 Å². The fourth-order valence-electron chi connectivity index (χ4n) is 3.24. The van der Waals surface area contributed by atoms with Crippen molar-refractivity contribution >= 4 is 34.9 Å². The number of hydrogen-bond donors (Lipinski definition) is 1. The van der Waals surface area contributed by atoms with Crippen molar-refractivity contribution in [1.29, 1.82) is 0 Å². The molecule has 1 aromatic carbocycles. The van der Waals surface area contributed by atoms with Gasteiger partial charge in [0.05, 0.1) is 23.6 Å². The van der Waals surface area contributed by atoms with Crippen LogP contribution in [0.5, 0.6) is 0 Å². The van der Waals surface area contributed by atoms with Crippen LogP contribution in [0.2, 0.25) is 0 Å². The number of rotatable bonds is 5. The second-order valence-corrected chi connectivity index (χ2v) is 9.25. The van der Waals surface area contributed by atoms with E-state index in [1.165, 1.54) is 30.6 Å². The van der Waals surface area contributed by atoms with E-state index in [-0.39, 0.29) is 29.3 Å². The number of carbonyl (C=O) groups is 3. The minimum Gasteiger partial charge on any atom is -0.469 e. The molecule has 30 heavy (non-hydrogen) atoms. The summed E-state index contributed by atoms with van der Waals surface area (Å²) in [6.07, 6.45) is 0.572. The van der Waals surface area contributed by atoms with Gasteiger partial charge in [0.25, 0.3) is 0 Å². The van der Waals surface area contributed by atoms with Crippen LogP contribution in [0.25, 0.3) is 10.4 Å². The lowest BCUT2D eigenvalue weighted by molar-refractivity contribution is -0.150. The summed E-state index contributed by atoms with van der Waals surface area (Å²) < 4.78 is 24.4. The Morgan fingerprint density at radius 3 is 2.37 bits per heavy atom. The van der Waals surface area contributed by atoms with Crippen molar-refractivity contribution in [3.05, 3.63) is 41.0 Å². The molecule has 0 radical (unpaired) electrons. The molecule has 0 spiro atoms. The van der Waals surface area contributed by atoms with Gasteiger partial charge in [0, 0.05) is 10.8 Å². The molecule has 0 aliphatic heterocycles. The highest BCUT2D eigenvalue weighted by atomic mass is 32.1. The second kappa shape index (κ2) is 8.55. The number of ketones is 1. The van der Waals surface area contributed by atoms with Crippen LogP contribution < -0.4 is 5.32 Å². The number of nitrogens with one attached hydrogen (secondary N) is 1. The van der Waals surface area contributed by atoms with Gasteiger partial charge in [-0.15, -0.1) is 11.3 Å². The maximum atomic E-state index is 14.5. The second-order valence-electron chi connectivity index (χ2n) is 8.16. The normalized spacial score (nSPS) is 18.3. The summed E-state index contributed by atoms with van der Waals surface area (Å²) in [5, 5.41) is 2.39. The highest BCUT2D eigenvalue weighted by Gasteiger charge is 2.42. The number of ether oxygens (including phenoxy) is 2. The van der Waals surface area contributed by atoms with Crippen LogP contribution in [-0.4, -0.2) is 30.6 Å². The molecule has 3 rings (SSSR count). The Hall–Kier alpha value is -2.74. The minimum atomic E-state index is -0.737. The van der Waals surface area contributed by atoms with E-state index >= 15 is 0 Å². The molecular formula is C22H24FNO5S. The van der Waals surface area contributed by atoms with Crippen molar-refractivity contribution in [3.63, 3.8) is 0 Å². The summed E-state index contributed by atoms with van der Waals surface area (Å²) in [5.74, 6) is -1.79. The predicted molar refractivity (Wildman–Crippen MR) is 112 cm³/mol. The Balaban J connectivity index is 1.71. The first-order valence-corrected chi connectivity index (χ1v) is 10.4. The summed E-state index contributed by atoms with van der Waals surface area (Å²) in [6, 6.07) is 7.86. The lowest BCUT2D eigenvalue weighted by Gasteiger charge is -2.32. The van der Waals surface area contributed by atoms with Crippen molar-refractivity contribution in [2.75, 3.05) is 12.4 Å². The number of halogens is 1. The van der Waals surface area contributed by atoms with Crippen LogP contribution in [-0.2, 0) is 14.3 Å². The van der Waals surface area contributed by atoms with Gasteiger partial charge in [0.15, 0.2) is 5.78 Å². The van der Waals surface area contributed by atoms with E-state index in [9.17, 15) is 18.8 Å². The topological polar surface area (TPSA) is 81.7 Å². The van der Waals surface area contributed by atoms with Gasteiger partial charge in [0.2, 0.25) is 0 Å². The summed E-state index contributed by atoms with van der Waals surface area (Å²) >= 11 is 1.25. The van der Waals surface area contributed by atoms with Crippen LogP contribution in [0.15, 0.2) is 30.3 Å². The van der Waals surface area contributed by atoms with Gasteiger partial charge in [-0.3, -0.25) is 14.9 Å². The molecule has 0 bridgehead atoms. The standard InChI is InChI=1S/C22H24FNO5S/c1-22(2,3)29-21(27)24-16-8-5-12(11-15(16)23)17-9-10-18(30-17)19(25)13-6-7-14(13)20(26)28-4/h5,8-11,13-14H,6-7H2,1-4H3,(H,24,27)/t13-,14-/m1/s1. The lowest BCUT2D eigenvalue weighted by atomic mass is 9.71. The van der Waals surface area contributed by atoms with Crippen LogP contribution in [0.1, 0.15) is 43.3 Å². The highest BCUT2D eigenvalue weighted by Crippen LogP contribution is 2.40. The zero-order valence-corrected chi connectivity index (χ0v) is 18.1. The maximum Gasteiger partial charge on any atom is 0.412 e. The Morgan fingerprint density at radius 1 is 1.10 bits per heavy atom. The Bertz CT molecular complexity index is 978. The van der Waals surface area contributed by atoms with Gasteiger partial charge in [-0.2, -0.15) is 0 Å². The zero-order chi connectivity index (χ0) is 22.1. The first-order chi connectivity index (χ1) is 14.1. The van der Waals surface area contributed by atoms with Crippen molar-refractivity contribution in [2.45, 2.75) is 39.2 Å². The first-order valence-electron chi connectivity index (χ1n) is 9.61. The van der Waals surface area contributed by atoms with Crippen LogP contribution in [0, 0.1) is 17.7 Å². The predicted octanol–water partition coefficient (Wildman–Crippen LogP) is 5.28. The fourth-order valence-corrected chi connectivity index (χ4v) is 4.24. The Morgan fingerprint density at radius 2 is 1.80 bits per heavy atom. The number of hydrogen-bond acceptors (Lipinski definition) is 6. The number of methoxy groups -OCH3 is 1. The number of benzene rings is 1. The molecule has 1 aliphatic carbocycles. The monoisotopic (exact) mass is 433 g/mol. The van der Waals surface area contributed by atoms with Crippen molar-refractivity contribution in [1.82, 2.24) is 0 Å². The summed E-state index contributed by atoms with van der Waals surface area (Å²) in [4.78, 5) is 37.5. The highest BCUT2D eigenvalue weighted by molar-refractivity contribution is 7.17.